The van der Waals surface area contributed by atoms with Gasteiger partial charge in [-0.3, -0.25) is 9.59 Å². The molecule has 2 amide bonds. The summed E-state index contributed by atoms with van der Waals surface area (Å²) in [6.07, 6.45) is 0.576. The molecule has 0 bridgehead atoms. The molecule has 1 aliphatic rings. The smallest absolute Gasteiger partial charge is 0.244 e. The first-order valence-electron chi connectivity index (χ1n) is 8.44. The molecule has 0 spiro atoms. The van der Waals surface area contributed by atoms with Gasteiger partial charge in [0.1, 0.15) is 11.9 Å². The molecule has 1 atom stereocenters. The Hall–Kier alpha value is -1.83. The summed E-state index contributed by atoms with van der Waals surface area (Å²) in [6, 6.07) is 2.61. The lowest BCUT2D eigenvalue weighted by Gasteiger charge is -2.27. The maximum absolute atomic E-state index is 13.5. The minimum atomic E-state index is -0.772. The van der Waals surface area contributed by atoms with Gasteiger partial charge in [0.2, 0.25) is 11.8 Å². The lowest BCUT2D eigenvalue weighted by Crippen LogP contribution is -2.52. The molecule has 0 aliphatic carbocycles. The van der Waals surface area contributed by atoms with E-state index in [1.165, 1.54) is 6.07 Å². The number of hydrogen-bond acceptors (Lipinski definition) is 4. The SMILES string of the molecule is CC(C)(C)NC(=O)C1CSCN1C(=O)CCCOc1ccc(F)cc1F. The molecule has 1 unspecified atom stereocenters. The monoisotopic (exact) mass is 386 g/mol. The number of nitrogens with zero attached hydrogens (tertiary/aromatic N) is 1. The van der Waals surface area contributed by atoms with E-state index >= 15 is 0 Å². The van der Waals surface area contributed by atoms with E-state index in [0.717, 1.165) is 12.1 Å². The summed E-state index contributed by atoms with van der Waals surface area (Å²) in [5.41, 5.74) is -0.355. The third-order valence-electron chi connectivity index (χ3n) is 3.69. The Morgan fingerprint density at radius 1 is 1.35 bits per heavy atom. The number of carbonyl (C=O) groups is 2. The maximum atomic E-state index is 13.5. The highest BCUT2D eigenvalue weighted by atomic mass is 32.2. The Bertz CT molecular complexity index is 664. The average Bonchev–Trinajstić information content (AvgIpc) is 3.01. The van der Waals surface area contributed by atoms with Gasteiger partial charge in [-0.1, -0.05) is 0 Å². The largest absolute Gasteiger partial charge is 0.491 e. The number of hydrogen-bond donors (Lipinski definition) is 1. The second kappa shape index (κ2) is 8.70. The number of nitrogens with one attached hydrogen (secondary N) is 1. The van der Waals surface area contributed by atoms with Gasteiger partial charge >= 0.3 is 0 Å². The zero-order valence-corrected chi connectivity index (χ0v) is 16.0. The van der Waals surface area contributed by atoms with Crippen LogP contribution in [0.5, 0.6) is 5.75 Å². The fourth-order valence-electron chi connectivity index (χ4n) is 2.50. The van der Waals surface area contributed by atoms with Gasteiger partial charge in [0.05, 0.1) is 12.5 Å². The molecule has 2 rings (SSSR count). The van der Waals surface area contributed by atoms with Gasteiger partial charge in [-0.2, -0.15) is 0 Å². The van der Waals surface area contributed by atoms with Crippen LogP contribution in [0.1, 0.15) is 33.6 Å². The Kier molecular flexibility index (Phi) is 6.86. The minimum absolute atomic E-state index is 0.0435. The number of amides is 2. The highest BCUT2D eigenvalue weighted by Gasteiger charge is 2.35. The van der Waals surface area contributed by atoms with Crippen LogP contribution in [0.4, 0.5) is 8.78 Å². The van der Waals surface area contributed by atoms with Crippen LogP contribution in [0.3, 0.4) is 0 Å². The van der Waals surface area contributed by atoms with E-state index in [4.69, 9.17) is 4.74 Å². The first-order valence-corrected chi connectivity index (χ1v) is 9.60. The van der Waals surface area contributed by atoms with Crippen LogP contribution in [0.15, 0.2) is 18.2 Å². The predicted molar refractivity (Wildman–Crippen MR) is 96.9 cm³/mol. The van der Waals surface area contributed by atoms with Crippen LogP contribution in [-0.4, -0.2) is 46.5 Å². The molecular weight excluding hydrogens is 362 g/mol. The maximum Gasteiger partial charge on any atom is 0.244 e. The molecule has 8 heteroatoms. The van der Waals surface area contributed by atoms with E-state index in [9.17, 15) is 18.4 Å². The van der Waals surface area contributed by atoms with Crippen molar-refractivity contribution >= 4 is 23.6 Å². The standard InChI is InChI=1S/C18H24F2N2O3S/c1-18(2,3)21-17(24)14-10-26-11-22(14)16(23)5-4-8-25-15-7-6-12(19)9-13(15)20/h6-7,9,14H,4-5,8,10-11H2,1-3H3,(H,21,24). The minimum Gasteiger partial charge on any atom is -0.491 e. The topological polar surface area (TPSA) is 58.6 Å². The van der Waals surface area contributed by atoms with Gasteiger partial charge in [0.15, 0.2) is 11.6 Å². The quantitative estimate of drug-likeness (QED) is 0.764. The molecule has 1 N–H and O–H groups in total. The molecule has 1 aromatic carbocycles. The van der Waals surface area contributed by atoms with Crippen LogP contribution in [-0.2, 0) is 9.59 Å². The number of rotatable bonds is 6. The summed E-state index contributed by atoms with van der Waals surface area (Å²) >= 11 is 1.54. The summed E-state index contributed by atoms with van der Waals surface area (Å²) in [5, 5.41) is 2.90. The van der Waals surface area contributed by atoms with Crippen molar-refractivity contribution in [2.45, 2.75) is 45.2 Å². The van der Waals surface area contributed by atoms with E-state index in [2.05, 4.69) is 5.32 Å². The molecule has 1 heterocycles. The van der Waals surface area contributed by atoms with Gasteiger partial charge < -0.3 is 15.0 Å². The summed E-state index contributed by atoms with van der Waals surface area (Å²) in [5.74, 6) is -0.715. The van der Waals surface area contributed by atoms with Crippen LogP contribution in [0, 0.1) is 11.6 Å². The first kappa shape index (κ1) is 20.5. The van der Waals surface area contributed by atoms with Crippen LogP contribution in [0.2, 0.25) is 0 Å². The first-order chi connectivity index (χ1) is 12.2. The molecule has 26 heavy (non-hydrogen) atoms. The second-order valence-corrected chi connectivity index (χ2v) is 8.15. The third-order valence-corrected chi connectivity index (χ3v) is 4.70. The molecule has 5 nitrogen and oxygen atoms in total. The third kappa shape index (κ3) is 5.86. The van der Waals surface area contributed by atoms with Gasteiger partial charge in [-0.25, -0.2) is 8.78 Å². The Morgan fingerprint density at radius 2 is 2.08 bits per heavy atom. The number of halogens is 2. The number of carbonyl (C=O) groups excluding carboxylic acids is 2. The van der Waals surface area contributed by atoms with Gasteiger partial charge in [-0.05, 0) is 39.3 Å². The van der Waals surface area contributed by atoms with E-state index < -0.39 is 17.7 Å². The van der Waals surface area contributed by atoms with Gasteiger partial charge in [0.25, 0.3) is 0 Å². The summed E-state index contributed by atoms with van der Waals surface area (Å²) in [7, 11) is 0. The van der Waals surface area contributed by atoms with E-state index in [1.807, 2.05) is 20.8 Å². The van der Waals surface area contributed by atoms with Crippen molar-refractivity contribution in [2.75, 3.05) is 18.2 Å². The number of thioether (sulfide) groups is 1. The predicted octanol–water partition coefficient (Wildman–Crippen LogP) is 2.94. The van der Waals surface area contributed by atoms with Crippen molar-refractivity contribution in [3.05, 3.63) is 29.8 Å². The molecule has 1 fully saturated rings. The molecular formula is C18H24F2N2O3S. The van der Waals surface area contributed by atoms with Crippen molar-refractivity contribution < 1.29 is 23.1 Å². The lowest BCUT2D eigenvalue weighted by atomic mass is 10.1. The van der Waals surface area contributed by atoms with E-state index in [0.29, 0.717) is 18.1 Å². The Labute approximate surface area is 156 Å². The fraction of sp³-hybridized carbons (Fsp3) is 0.556. The second-order valence-electron chi connectivity index (χ2n) is 7.15. The molecule has 1 aliphatic heterocycles. The molecule has 1 saturated heterocycles. The number of benzene rings is 1. The highest BCUT2D eigenvalue weighted by Crippen LogP contribution is 2.23. The summed E-state index contributed by atoms with van der Waals surface area (Å²) < 4.78 is 31.6. The molecule has 0 aromatic heterocycles. The van der Waals surface area contributed by atoms with Crippen molar-refractivity contribution in [1.29, 1.82) is 0 Å². The van der Waals surface area contributed by atoms with Gasteiger partial charge in [-0.15, -0.1) is 11.8 Å². The van der Waals surface area contributed by atoms with Crippen LogP contribution < -0.4 is 10.1 Å². The van der Waals surface area contributed by atoms with Gasteiger partial charge in [0, 0.05) is 23.8 Å². The van der Waals surface area contributed by atoms with Crippen molar-refractivity contribution in [2.24, 2.45) is 0 Å². The van der Waals surface area contributed by atoms with Crippen molar-refractivity contribution in [3.8, 4) is 5.75 Å². The van der Waals surface area contributed by atoms with E-state index in [-0.39, 0.29) is 36.1 Å². The highest BCUT2D eigenvalue weighted by molar-refractivity contribution is 7.99. The van der Waals surface area contributed by atoms with E-state index in [1.54, 1.807) is 16.7 Å². The molecule has 0 radical (unpaired) electrons. The average molecular weight is 386 g/mol. The molecule has 144 valence electrons. The number of ether oxygens (including phenoxy) is 1. The Balaban J connectivity index is 1.80. The zero-order chi connectivity index (χ0) is 19.3. The van der Waals surface area contributed by atoms with Crippen LogP contribution in [0.25, 0.3) is 0 Å². The molecule has 0 saturated carbocycles. The fourth-order valence-corrected chi connectivity index (χ4v) is 3.68. The summed E-state index contributed by atoms with van der Waals surface area (Å²) in [4.78, 5) is 26.3. The summed E-state index contributed by atoms with van der Waals surface area (Å²) in [6.45, 7) is 5.81. The lowest BCUT2D eigenvalue weighted by molar-refractivity contribution is -0.138. The zero-order valence-electron chi connectivity index (χ0n) is 15.2. The van der Waals surface area contributed by atoms with Crippen molar-refractivity contribution in [1.82, 2.24) is 10.2 Å². The van der Waals surface area contributed by atoms with Crippen molar-refractivity contribution in [3.63, 3.8) is 0 Å². The Morgan fingerprint density at radius 3 is 2.73 bits per heavy atom. The normalized spacial score (nSPS) is 17.3. The van der Waals surface area contributed by atoms with Crippen LogP contribution >= 0.6 is 11.8 Å². The molecule has 1 aromatic rings.